The lowest BCUT2D eigenvalue weighted by Crippen LogP contribution is -2.38. The molecule has 0 fully saturated rings. The molecule has 0 aliphatic heterocycles. The fourth-order valence-electron chi connectivity index (χ4n) is 1.61. The quantitative estimate of drug-likeness (QED) is 0.797. The minimum Gasteiger partial charge on any atom is -0.279 e. The summed E-state index contributed by atoms with van der Waals surface area (Å²) in [6.45, 7) is 0.0604. The normalized spacial score (nSPS) is 10.7. The molecule has 2 rings (SSSR count). The molecule has 1 heterocycles. The zero-order valence-electron chi connectivity index (χ0n) is 9.86. The Labute approximate surface area is 117 Å². The van der Waals surface area contributed by atoms with Crippen molar-refractivity contribution in [3.05, 3.63) is 66.7 Å². The molecule has 0 spiro atoms. The van der Waals surface area contributed by atoms with Crippen LogP contribution in [0.4, 0.5) is 4.39 Å². The van der Waals surface area contributed by atoms with Crippen LogP contribution in [0.2, 0.25) is 10.2 Å². The number of halogens is 3. The molecular formula is C12H9Cl2FN2O2. The van der Waals surface area contributed by atoms with Crippen molar-refractivity contribution in [1.82, 2.24) is 9.13 Å². The van der Waals surface area contributed by atoms with Gasteiger partial charge in [0.25, 0.3) is 5.56 Å². The SMILES string of the molecule is Cn1c(=O)cc(Cl)n(Cc2ccc(F)cc2Cl)c1=O. The molecule has 1 aromatic carbocycles. The van der Waals surface area contributed by atoms with Gasteiger partial charge in [0.05, 0.1) is 6.54 Å². The Hall–Kier alpha value is -1.59. The van der Waals surface area contributed by atoms with Crippen LogP contribution in [0.15, 0.2) is 33.9 Å². The Morgan fingerprint density at radius 1 is 1.21 bits per heavy atom. The van der Waals surface area contributed by atoms with E-state index >= 15 is 0 Å². The molecule has 0 aliphatic carbocycles. The number of hydrogen-bond donors (Lipinski definition) is 0. The summed E-state index contributed by atoms with van der Waals surface area (Å²) in [5, 5.41) is 0.199. The van der Waals surface area contributed by atoms with Crippen molar-refractivity contribution in [2.24, 2.45) is 7.05 Å². The van der Waals surface area contributed by atoms with Gasteiger partial charge in [-0.2, -0.15) is 0 Å². The lowest BCUT2D eigenvalue weighted by Gasteiger charge is -2.10. The third-order valence-corrected chi connectivity index (χ3v) is 3.36. The average molecular weight is 303 g/mol. The van der Waals surface area contributed by atoms with Crippen LogP contribution in [0, 0.1) is 5.82 Å². The van der Waals surface area contributed by atoms with Crippen molar-refractivity contribution in [1.29, 1.82) is 0 Å². The molecule has 100 valence electrons. The molecule has 2 aromatic rings. The molecule has 0 bridgehead atoms. The van der Waals surface area contributed by atoms with Crippen LogP contribution in [-0.2, 0) is 13.6 Å². The fraction of sp³-hybridized carbons (Fsp3) is 0.167. The van der Waals surface area contributed by atoms with Crippen molar-refractivity contribution < 1.29 is 4.39 Å². The second-order valence-electron chi connectivity index (χ2n) is 3.97. The van der Waals surface area contributed by atoms with Crippen LogP contribution >= 0.6 is 23.2 Å². The van der Waals surface area contributed by atoms with E-state index in [9.17, 15) is 14.0 Å². The topological polar surface area (TPSA) is 44.0 Å². The highest BCUT2D eigenvalue weighted by Gasteiger charge is 2.10. The van der Waals surface area contributed by atoms with Gasteiger partial charge in [0, 0.05) is 18.1 Å². The number of rotatable bonds is 2. The maximum Gasteiger partial charge on any atom is 0.332 e. The number of aromatic nitrogens is 2. The first kappa shape index (κ1) is 13.8. The van der Waals surface area contributed by atoms with E-state index in [1.165, 1.54) is 23.7 Å². The standard InChI is InChI=1S/C12H9Cl2FN2O2/c1-16-11(18)5-10(14)17(12(16)19)6-7-2-3-8(15)4-9(7)13/h2-5H,6H2,1H3. The maximum absolute atomic E-state index is 12.9. The van der Waals surface area contributed by atoms with Crippen LogP contribution in [0.3, 0.4) is 0 Å². The number of nitrogens with zero attached hydrogens (tertiary/aromatic N) is 2. The number of benzene rings is 1. The van der Waals surface area contributed by atoms with Crippen LogP contribution in [0.1, 0.15) is 5.56 Å². The monoisotopic (exact) mass is 302 g/mol. The summed E-state index contributed by atoms with van der Waals surface area (Å²) in [4.78, 5) is 23.3. The van der Waals surface area contributed by atoms with Gasteiger partial charge in [-0.05, 0) is 17.7 Å². The Balaban J connectivity index is 2.53. The molecule has 0 saturated carbocycles. The Morgan fingerprint density at radius 3 is 2.53 bits per heavy atom. The first-order valence-corrected chi connectivity index (χ1v) is 6.06. The summed E-state index contributed by atoms with van der Waals surface area (Å²) in [5.74, 6) is -0.465. The molecule has 1 aromatic heterocycles. The van der Waals surface area contributed by atoms with Crippen LogP contribution in [0.5, 0.6) is 0 Å². The summed E-state index contributed by atoms with van der Waals surface area (Å²) in [6.07, 6.45) is 0. The maximum atomic E-state index is 12.9. The van der Waals surface area contributed by atoms with E-state index in [2.05, 4.69) is 0 Å². The van der Waals surface area contributed by atoms with Crippen LogP contribution in [-0.4, -0.2) is 9.13 Å². The largest absolute Gasteiger partial charge is 0.332 e. The van der Waals surface area contributed by atoms with Gasteiger partial charge in [-0.25, -0.2) is 9.18 Å². The van der Waals surface area contributed by atoms with E-state index in [-0.39, 0.29) is 16.7 Å². The van der Waals surface area contributed by atoms with Gasteiger partial charge in [0.1, 0.15) is 11.0 Å². The minimum absolute atomic E-state index is 0.00786. The summed E-state index contributed by atoms with van der Waals surface area (Å²) in [7, 11) is 1.35. The average Bonchev–Trinajstić information content (AvgIpc) is 2.34. The predicted molar refractivity (Wildman–Crippen MR) is 71.5 cm³/mol. The van der Waals surface area contributed by atoms with Gasteiger partial charge < -0.3 is 0 Å². The van der Waals surface area contributed by atoms with Crippen LogP contribution < -0.4 is 11.2 Å². The summed E-state index contributed by atoms with van der Waals surface area (Å²) in [6, 6.07) is 4.99. The minimum atomic E-state index is -0.558. The second-order valence-corrected chi connectivity index (χ2v) is 4.76. The van der Waals surface area contributed by atoms with Gasteiger partial charge in [-0.15, -0.1) is 0 Å². The molecule has 0 amide bonds. The zero-order valence-corrected chi connectivity index (χ0v) is 11.4. The highest BCUT2D eigenvalue weighted by molar-refractivity contribution is 6.31. The summed E-state index contributed by atoms with van der Waals surface area (Å²) < 4.78 is 15.1. The molecular weight excluding hydrogens is 294 g/mol. The van der Waals surface area contributed by atoms with Gasteiger partial charge in [0.2, 0.25) is 0 Å². The van der Waals surface area contributed by atoms with Crippen molar-refractivity contribution in [3.8, 4) is 0 Å². The Bertz CT molecular complexity index is 752. The van der Waals surface area contributed by atoms with Crippen molar-refractivity contribution >= 4 is 23.2 Å². The molecule has 4 nitrogen and oxygen atoms in total. The molecule has 19 heavy (non-hydrogen) atoms. The predicted octanol–water partition coefficient (Wildman–Crippen LogP) is 2.04. The first-order valence-electron chi connectivity index (χ1n) is 5.30. The van der Waals surface area contributed by atoms with E-state index < -0.39 is 17.1 Å². The van der Waals surface area contributed by atoms with Gasteiger partial charge in [-0.3, -0.25) is 13.9 Å². The Morgan fingerprint density at radius 2 is 1.89 bits per heavy atom. The lowest BCUT2D eigenvalue weighted by molar-refractivity contribution is 0.622. The van der Waals surface area contributed by atoms with E-state index in [0.717, 1.165) is 16.7 Å². The molecule has 0 saturated heterocycles. The molecule has 0 N–H and O–H groups in total. The van der Waals surface area contributed by atoms with Crippen molar-refractivity contribution in [3.63, 3.8) is 0 Å². The lowest BCUT2D eigenvalue weighted by atomic mass is 10.2. The van der Waals surface area contributed by atoms with Gasteiger partial charge >= 0.3 is 5.69 Å². The molecule has 0 atom stereocenters. The molecule has 0 radical (unpaired) electrons. The highest BCUT2D eigenvalue weighted by atomic mass is 35.5. The second kappa shape index (κ2) is 5.19. The van der Waals surface area contributed by atoms with Crippen LogP contribution in [0.25, 0.3) is 0 Å². The van der Waals surface area contributed by atoms with Gasteiger partial charge in [0.15, 0.2) is 0 Å². The van der Waals surface area contributed by atoms with Gasteiger partial charge in [-0.1, -0.05) is 29.3 Å². The van der Waals surface area contributed by atoms with Crippen molar-refractivity contribution in [2.75, 3.05) is 0 Å². The molecule has 7 heteroatoms. The Kier molecular flexibility index (Phi) is 3.78. The van der Waals surface area contributed by atoms with E-state index in [1.807, 2.05) is 0 Å². The van der Waals surface area contributed by atoms with E-state index in [1.54, 1.807) is 0 Å². The fourth-order valence-corrected chi connectivity index (χ4v) is 2.06. The smallest absolute Gasteiger partial charge is 0.279 e. The molecule has 0 unspecified atom stereocenters. The third kappa shape index (κ3) is 2.72. The summed E-state index contributed by atoms with van der Waals surface area (Å²) in [5.41, 5.74) is -0.514. The van der Waals surface area contributed by atoms with Crippen molar-refractivity contribution in [2.45, 2.75) is 6.54 Å². The van der Waals surface area contributed by atoms with E-state index in [0.29, 0.717) is 5.56 Å². The molecule has 0 aliphatic rings. The van der Waals surface area contributed by atoms with E-state index in [4.69, 9.17) is 23.2 Å². The zero-order chi connectivity index (χ0) is 14.2. The highest BCUT2D eigenvalue weighted by Crippen LogP contribution is 2.18. The summed E-state index contributed by atoms with van der Waals surface area (Å²) >= 11 is 11.8. The number of hydrogen-bond acceptors (Lipinski definition) is 2. The first-order chi connectivity index (χ1) is 8.90. The third-order valence-electron chi connectivity index (χ3n) is 2.69.